The molecule has 0 bridgehead atoms. The Morgan fingerprint density at radius 2 is 2.00 bits per heavy atom. The Kier molecular flexibility index (Phi) is 6.62. The van der Waals surface area contributed by atoms with Gasteiger partial charge < -0.3 is 14.9 Å². The van der Waals surface area contributed by atoms with Crippen molar-refractivity contribution in [2.75, 3.05) is 5.32 Å². The number of nitrogens with zero attached hydrogens (tertiary/aromatic N) is 2. The van der Waals surface area contributed by atoms with Gasteiger partial charge in [0.15, 0.2) is 0 Å². The van der Waals surface area contributed by atoms with Gasteiger partial charge in [-0.25, -0.2) is 0 Å². The molecule has 0 fully saturated rings. The Labute approximate surface area is 148 Å². The lowest BCUT2D eigenvalue weighted by Gasteiger charge is -2.10. The standard InChI is InChI=1S/C18H15F2N3O3/c1-12(17(24)23-15-4-2-3-14(9-15)10-21)26-22-11-13-5-7-16(8-6-13)25-18(19)20/h2-9,11-12,18H,1H3,(H,23,24)/b22-11-/t12-/m0/s1. The first-order valence-electron chi connectivity index (χ1n) is 7.53. The molecule has 0 aromatic heterocycles. The molecule has 0 spiro atoms. The van der Waals surface area contributed by atoms with Crippen LogP contribution >= 0.6 is 0 Å². The number of carbonyl (C=O) groups excluding carboxylic acids is 1. The minimum Gasteiger partial charge on any atom is -0.435 e. The molecule has 0 aliphatic carbocycles. The van der Waals surface area contributed by atoms with Crippen molar-refractivity contribution in [2.45, 2.75) is 19.6 Å². The highest BCUT2D eigenvalue weighted by Crippen LogP contribution is 2.14. The third kappa shape index (κ3) is 5.87. The number of hydrogen-bond acceptors (Lipinski definition) is 5. The van der Waals surface area contributed by atoms with Gasteiger partial charge in [0.2, 0.25) is 6.10 Å². The Hall–Kier alpha value is -3.47. The molecule has 1 amide bonds. The van der Waals surface area contributed by atoms with Crippen molar-refractivity contribution in [1.82, 2.24) is 0 Å². The molecule has 2 aromatic carbocycles. The number of halogens is 2. The van der Waals surface area contributed by atoms with E-state index >= 15 is 0 Å². The molecule has 6 nitrogen and oxygen atoms in total. The fraction of sp³-hybridized carbons (Fsp3) is 0.167. The van der Waals surface area contributed by atoms with Crippen LogP contribution in [-0.4, -0.2) is 24.8 Å². The van der Waals surface area contributed by atoms with Gasteiger partial charge in [0.1, 0.15) is 5.75 Å². The summed E-state index contributed by atoms with van der Waals surface area (Å²) >= 11 is 0. The van der Waals surface area contributed by atoms with Crippen LogP contribution in [0, 0.1) is 11.3 Å². The average molecular weight is 359 g/mol. The number of carbonyl (C=O) groups is 1. The molecular formula is C18H15F2N3O3. The van der Waals surface area contributed by atoms with Crippen molar-refractivity contribution in [2.24, 2.45) is 5.16 Å². The second-order valence-corrected chi connectivity index (χ2v) is 5.11. The summed E-state index contributed by atoms with van der Waals surface area (Å²) in [7, 11) is 0. The number of hydrogen-bond donors (Lipinski definition) is 1. The lowest BCUT2D eigenvalue weighted by molar-refractivity contribution is -0.126. The lowest BCUT2D eigenvalue weighted by atomic mass is 10.2. The van der Waals surface area contributed by atoms with Gasteiger partial charge in [0.05, 0.1) is 17.8 Å². The molecule has 0 radical (unpaired) electrons. The lowest BCUT2D eigenvalue weighted by Crippen LogP contribution is -2.26. The first-order chi connectivity index (χ1) is 12.5. The number of anilines is 1. The number of amides is 1. The molecule has 0 heterocycles. The first kappa shape index (κ1) is 18.9. The topological polar surface area (TPSA) is 83.7 Å². The zero-order valence-electron chi connectivity index (χ0n) is 13.7. The minimum atomic E-state index is -2.88. The molecule has 0 aliphatic heterocycles. The number of alkyl halides is 2. The van der Waals surface area contributed by atoms with Crippen molar-refractivity contribution >= 4 is 17.8 Å². The molecule has 1 N–H and O–H groups in total. The number of rotatable bonds is 7. The van der Waals surface area contributed by atoms with Crippen LogP contribution in [0.4, 0.5) is 14.5 Å². The van der Waals surface area contributed by atoms with Crippen molar-refractivity contribution < 1.29 is 23.1 Å². The first-order valence-corrected chi connectivity index (χ1v) is 7.53. The summed E-state index contributed by atoms with van der Waals surface area (Å²) in [5.74, 6) is -0.400. The fourth-order valence-corrected chi connectivity index (χ4v) is 1.88. The normalized spacial score (nSPS) is 11.8. The molecule has 1 atom stereocenters. The molecular weight excluding hydrogens is 344 g/mol. The van der Waals surface area contributed by atoms with E-state index in [9.17, 15) is 13.6 Å². The van der Waals surface area contributed by atoms with Crippen LogP contribution in [0.3, 0.4) is 0 Å². The Bertz CT molecular complexity index is 817. The largest absolute Gasteiger partial charge is 0.435 e. The summed E-state index contributed by atoms with van der Waals surface area (Å²) in [5, 5.41) is 15.2. The zero-order chi connectivity index (χ0) is 18.9. The van der Waals surface area contributed by atoms with E-state index in [-0.39, 0.29) is 5.75 Å². The van der Waals surface area contributed by atoms with Gasteiger partial charge in [-0.3, -0.25) is 4.79 Å². The van der Waals surface area contributed by atoms with Gasteiger partial charge in [0.25, 0.3) is 5.91 Å². The zero-order valence-corrected chi connectivity index (χ0v) is 13.7. The third-order valence-corrected chi connectivity index (χ3v) is 3.15. The summed E-state index contributed by atoms with van der Waals surface area (Å²) in [4.78, 5) is 17.1. The van der Waals surface area contributed by atoms with Crippen LogP contribution in [-0.2, 0) is 9.63 Å². The number of ether oxygens (including phenoxy) is 1. The van der Waals surface area contributed by atoms with Gasteiger partial charge in [-0.05, 0) is 55.0 Å². The summed E-state index contributed by atoms with van der Waals surface area (Å²) in [5.41, 5.74) is 1.48. The molecule has 8 heteroatoms. The highest BCUT2D eigenvalue weighted by Gasteiger charge is 2.14. The summed E-state index contributed by atoms with van der Waals surface area (Å²) < 4.78 is 28.4. The molecule has 0 unspecified atom stereocenters. The maximum Gasteiger partial charge on any atom is 0.387 e. The number of nitrogens with one attached hydrogen (secondary N) is 1. The van der Waals surface area contributed by atoms with E-state index in [1.54, 1.807) is 18.2 Å². The monoisotopic (exact) mass is 359 g/mol. The predicted octanol–water partition coefficient (Wildman–Crippen LogP) is 3.54. The molecule has 2 aromatic rings. The maximum atomic E-state index is 12.1. The van der Waals surface area contributed by atoms with E-state index in [2.05, 4.69) is 15.2 Å². The summed E-state index contributed by atoms with van der Waals surface area (Å²) in [6.45, 7) is -1.37. The summed E-state index contributed by atoms with van der Waals surface area (Å²) in [6.07, 6.45) is 0.463. The third-order valence-electron chi connectivity index (χ3n) is 3.15. The van der Waals surface area contributed by atoms with Crippen molar-refractivity contribution in [3.63, 3.8) is 0 Å². The molecule has 0 saturated carbocycles. The number of nitriles is 1. The van der Waals surface area contributed by atoms with Crippen LogP contribution in [0.2, 0.25) is 0 Å². The molecule has 2 rings (SSSR count). The van der Waals surface area contributed by atoms with Crippen molar-refractivity contribution in [1.29, 1.82) is 5.26 Å². The highest BCUT2D eigenvalue weighted by molar-refractivity contribution is 5.94. The second-order valence-electron chi connectivity index (χ2n) is 5.11. The van der Waals surface area contributed by atoms with Crippen LogP contribution in [0.25, 0.3) is 0 Å². The minimum absolute atomic E-state index is 0.0328. The van der Waals surface area contributed by atoms with Crippen LogP contribution in [0.5, 0.6) is 5.75 Å². The van der Waals surface area contributed by atoms with E-state index in [1.165, 1.54) is 43.5 Å². The number of oxime groups is 1. The van der Waals surface area contributed by atoms with E-state index in [0.717, 1.165) is 0 Å². The van der Waals surface area contributed by atoms with Gasteiger partial charge in [-0.1, -0.05) is 11.2 Å². The highest BCUT2D eigenvalue weighted by atomic mass is 19.3. The SMILES string of the molecule is C[C@H](O/N=C\c1ccc(OC(F)F)cc1)C(=O)Nc1cccc(C#N)c1. The molecule has 26 heavy (non-hydrogen) atoms. The van der Waals surface area contributed by atoms with E-state index < -0.39 is 18.6 Å². The second kappa shape index (κ2) is 9.13. The molecule has 0 aliphatic rings. The van der Waals surface area contributed by atoms with E-state index in [4.69, 9.17) is 10.1 Å². The van der Waals surface area contributed by atoms with Crippen molar-refractivity contribution in [3.8, 4) is 11.8 Å². The molecule has 134 valence electrons. The Morgan fingerprint density at radius 1 is 1.27 bits per heavy atom. The van der Waals surface area contributed by atoms with Gasteiger partial charge in [-0.2, -0.15) is 14.0 Å². The van der Waals surface area contributed by atoms with Crippen molar-refractivity contribution in [3.05, 3.63) is 59.7 Å². The van der Waals surface area contributed by atoms with Gasteiger partial charge in [0, 0.05) is 5.69 Å². The van der Waals surface area contributed by atoms with Gasteiger partial charge in [-0.15, -0.1) is 0 Å². The summed E-state index contributed by atoms with van der Waals surface area (Å²) in [6, 6.07) is 14.2. The smallest absolute Gasteiger partial charge is 0.387 e. The maximum absolute atomic E-state index is 12.1. The Morgan fingerprint density at radius 3 is 2.65 bits per heavy atom. The predicted molar refractivity (Wildman–Crippen MR) is 91.0 cm³/mol. The fourth-order valence-electron chi connectivity index (χ4n) is 1.88. The van der Waals surface area contributed by atoms with Gasteiger partial charge >= 0.3 is 6.61 Å². The van der Waals surface area contributed by atoms with Crippen LogP contribution in [0.1, 0.15) is 18.1 Å². The number of benzene rings is 2. The molecule has 0 saturated heterocycles. The van der Waals surface area contributed by atoms with E-state index in [0.29, 0.717) is 16.8 Å². The van der Waals surface area contributed by atoms with Crippen LogP contribution in [0.15, 0.2) is 53.7 Å². The van der Waals surface area contributed by atoms with E-state index in [1.807, 2.05) is 6.07 Å². The quantitative estimate of drug-likeness (QED) is 0.605. The average Bonchev–Trinajstić information content (AvgIpc) is 2.62. The van der Waals surface area contributed by atoms with Crippen LogP contribution < -0.4 is 10.1 Å². The Balaban J connectivity index is 1.86.